The fourth-order valence-corrected chi connectivity index (χ4v) is 2.41. The largest absolute Gasteiger partial charge is 0.394 e. The molecule has 2 N–H and O–H groups in total. The highest BCUT2D eigenvalue weighted by molar-refractivity contribution is 9.10. The molecule has 0 unspecified atom stereocenters. The van der Waals surface area contributed by atoms with E-state index in [9.17, 15) is 4.79 Å². The first-order chi connectivity index (χ1) is 8.62. The Morgan fingerprint density at radius 1 is 1.44 bits per heavy atom. The Balaban J connectivity index is 2.11. The summed E-state index contributed by atoms with van der Waals surface area (Å²) in [6, 6.07) is 7.79. The van der Waals surface area contributed by atoms with Crippen molar-refractivity contribution in [3.63, 3.8) is 0 Å². The molecule has 0 heterocycles. The Morgan fingerprint density at radius 3 is 2.50 bits per heavy atom. The third kappa shape index (κ3) is 2.59. The van der Waals surface area contributed by atoms with Crippen LogP contribution in [0.5, 0.6) is 0 Å². The molecule has 1 saturated carbocycles. The molecule has 4 heteroatoms. The van der Waals surface area contributed by atoms with Gasteiger partial charge >= 0.3 is 0 Å². The number of carbonyl (C=O) groups excluding carboxylic acids is 1. The summed E-state index contributed by atoms with van der Waals surface area (Å²) in [4.78, 5) is 12.3. The molecule has 0 aromatic heterocycles. The normalized spacial score (nSPS) is 18.2. The van der Waals surface area contributed by atoms with Gasteiger partial charge in [-0.05, 0) is 37.0 Å². The first kappa shape index (κ1) is 13.6. The summed E-state index contributed by atoms with van der Waals surface area (Å²) in [6.07, 6.45) is 2.53. The molecule has 0 radical (unpaired) electrons. The summed E-state index contributed by atoms with van der Waals surface area (Å²) in [6.45, 7) is 1.96. The van der Waals surface area contributed by atoms with E-state index in [0.29, 0.717) is 0 Å². The topological polar surface area (TPSA) is 49.3 Å². The molecule has 0 saturated heterocycles. The van der Waals surface area contributed by atoms with Gasteiger partial charge in [0.05, 0.1) is 18.1 Å². The molecule has 0 spiro atoms. The monoisotopic (exact) mass is 311 g/mol. The lowest BCUT2D eigenvalue weighted by atomic mass is 9.94. The van der Waals surface area contributed by atoms with Crippen LogP contribution in [0.4, 0.5) is 0 Å². The minimum atomic E-state index is -0.358. The Morgan fingerprint density at radius 2 is 2.06 bits per heavy atom. The highest BCUT2D eigenvalue weighted by Gasteiger charge is 2.51. The zero-order chi connectivity index (χ0) is 13.2. The van der Waals surface area contributed by atoms with Crippen molar-refractivity contribution in [1.29, 1.82) is 0 Å². The van der Waals surface area contributed by atoms with Gasteiger partial charge in [-0.25, -0.2) is 0 Å². The van der Waals surface area contributed by atoms with Crippen LogP contribution in [0.2, 0.25) is 0 Å². The molecule has 2 rings (SSSR count). The zero-order valence-electron chi connectivity index (χ0n) is 10.4. The smallest absolute Gasteiger partial charge is 0.230 e. The summed E-state index contributed by atoms with van der Waals surface area (Å²) in [5.41, 5.74) is 0.708. The first-order valence-electron chi connectivity index (χ1n) is 6.30. The molecule has 18 heavy (non-hydrogen) atoms. The molecular formula is C14H18BrNO2. The van der Waals surface area contributed by atoms with Crippen molar-refractivity contribution < 1.29 is 9.90 Å². The molecule has 1 aliphatic rings. The highest BCUT2D eigenvalue weighted by Crippen LogP contribution is 2.48. The predicted octanol–water partition coefficient (Wildman–Crippen LogP) is 2.37. The van der Waals surface area contributed by atoms with Crippen LogP contribution in [0.15, 0.2) is 28.7 Å². The number of hydrogen-bond acceptors (Lipinski definition) is 2. The Kier molecular flexibility index (Phi) is 4.07. The molecule has 0 aliphatic heterocycles. The SMILES string of the molecule is CC[C@H](CO)NC(=O)C1(c2ccc(Br)cc2)CC1. The number of nitrogens with one attached hydrogen (secondary N) is 1. The van der Waals surface area contributed by atoms with E-state index >= 15 is 0 Å². The minimum absolute atomic E-state index is 0.00133. The number of rotatable bonds is 5. The summed E-state index contributed by atoms with van der Waals surface area (Å²) in [7, 11) is 0. The molecule has 1 amide bonds. The summed E-state index contributed by atoms with van der Waals surface area (Å²) >= 11 is 3.40. The molecule has 1 aliphatic carbocycles. The van der Waals surface area contributed by atoms with E-state index in [4.69, 9.17) is 5.11 Å². The van der Waals surface area contributed by atoms with Gasteiger partial charge in [0, 0.05) is 4.47 Å². The number of carbonyl (C=O) groups is 1. The van der Waals surface area contributed by atoms with Crippen molar-refractivity contribution >= 4 is 21.8 Å². The average Bonchev–Trinajstić information content (AvgIpc) is 3.18. The van der Waals surface area contributed by atoms with E-state index in [1.54, 1.807) is 0 Å². The molecule has 1 aromatic carbocycles. The van der Waals surface area contributed by atoms with Gasteiger partial charge in [-0.2, -0.15) is 0 Å². The first-order valence-corrected chi connectivity index (χ1v) is 7.09. The number of amides is 1. The quantitative estimate of drug-likeness (QED) is 0.877. The second kappa shape index (κ2) is 5.41. The zero-order valence-corrected chi connectivity index (χ0v) is 12.0. The van der Waals surface area contributed by atoms with Gasteiger partial charge < -0.3 is 10.4 Å². The van der Waals surface area contributed by atoms with Crippen LogP contribution in [0.25, 0.3) is 0 Å². The lowest BCUT2D eigenvalue weighted by Crippen LogP contribution is -2.43. The number of aliphatic hydroxyl groups is 1. The number of hydrogen-bond donors (Lipinski definition) is 2. The van der Waals surface area contributed by atoms with Crippen LogP contribution in [-0.2, 0) is 10.2 Å². The highest BCUT2D eigenvalue weighted by atomic mass is 79.9. The fourth-order valence-electron chi connectivity index (χ4n) is 2.14. The van der Waals surface area contributed by atoms with Crippen molar-refractivity contribution in [3.05, 3.63) is 34.3 Å². The minimum Gasteiger partial charge on any atom is -0.394 e. The van der Waals surface area contributed by atoms with Crippen molar-refractivity contribution in [1.82, 2.24) is 5.32 Å². The standard InChI is InChI=1S/C14H18BrNO2/c1-2-12(9-17)16-13(18)14(7-8-14)10-3-5-11(15)6-4-10/h3-6,12,17H,2,7-9H2,1H3,(H,16,18)/t12-/m1/s1. The van der Waals surface area contributed by atoms with Crippen molar-refractivity contribution in [3.8, 4) is 0 Å². The maximum absolute atomic E-state index is 12.3. The third-order valence-corrected chi connectivity index (χ3v) is 4.16. The van der Waals surface area contributed by atoms with Gasteiger partial charge in [0.2, 0.25) is 5.91 Å². The number of halogens is 1. The van der Waals surface area contributed by atoms with Gasteiger partial charge in [0.1, 0.15) is 0 Å². The van der Waals surface area contributed by atoms with Crippen LogP contribution in [0.1, 0.15) is 31.7 Å². The van der Waals surface area contributed by atoms with E-state index in [2.05, 4.69) is 21.2 Å². The molecular weight excluding hydrogens is 294 g/mol. The summed E-state index contributed by atoms with van der Waals surface area (Å²) < 4.78 is 1.02. The Hall–Kier alpha value is -0.870. The number of benzene rings is 1. The average molecular weight is 312 g/mol. The predicted molar refractivity (Wildman–Crippen MR) is 74.4 cm³/mol. The van der Waals surface area contributed by atoms with Crippen LogP contribution in [0, 0.1) is 0 Å². The van der Waals surface area contributed by atoms with E-state index in [-0.39, 0.29) is 24.0 Å². The molecule has 1 fully saturated rings. The molecule has 0 bridgehead atoms. The second-order valence-electron chi connectivity index (χ2n) is 4.85. The summed E-state index contributed by atoms with van der Waals surface area (Å²) in [5, 5.41) is 12.1. The van der Waals surface area contributed by atoms with Crippen molar-refractivity contribution in [2.24, 2.45) is 0 Å². The molecule has 1 aromatic rings. The maximum atomic E-state index is 12.3. The Labute approximate surface area is 116 Å². The fraction of sp³-hybridized carbons (Fsp3) is 0.500. The van der Waals surface area contributed by atoms with E-state index in [0.717, 1.165) is 29.3 Å². The van der Waals surface area contributed by atoms with Gasteiger partial charge in [0.15, 0.2) is 0 Å². The van der Waals surface area contributed by atoms with Crippen LogP contribution in [0.3, 0.4) is 0 Å². The van der Waals surface area contributed by atoms with E-state index < -0.39 is 0 Å². The van der Waals surface area contributed by atoms with Crippen LogP contribution >= 0.6 is 15.9 Å². The van der Waals surface area contributed by atoms with E-state index in [1.807, 2.05) is 31.2 Å². The maximum Gasteiger partial charge on any atom is 0.230 e. The van der Waals surface area contributed by atoms with Crippen molar-refractivity contribution in [2.75, 3.05) is 6.61 Å². The summed E-state index contributed by atoms with van der Waals surface area (Å²) in [5.74, 6) is 0.0470. The van der Waals surface area contributed by atoms with Gasteiger partial charge in [-0.15, -0.1) is 0 Å². The van der Waals surface area contributed by atoms with Gasteiger partial charge in [0.25, 0.3) is 0 Å². The molecule has 3 nitrogen and oxygen atoms in total. The second-order valence-corrected chi connectivity index (χ2v) is 5.77. The lowest BCUT2D eigenvalue weighted by molar-refractivity contribution is -0.124. The van der Waals surface area contributed by atoms with Crippen LogP contribution < -0.4 is 5.32 Å². The molecule has 1 atom stereocenters. The Bertz CT molecular complexity index is 422. The lowest BCUT2D eigenvalue weighted by Gasteiger charge is -2.20. The third-order valence-electron chi connectivity index (χ3n) is 3.63. The molecule has 98 valence electrons. The van der Waals surface area contributed by atoms with Crippen LogP contribution in [-0.4, -0.2) is 23.7 Å². The van der Waals surface area contributed by atoms with Gasteiger partial charge in [-0.3, -0.25) is 4.79 Å². The van der Waals surface area contributed by atoms with Crippen molar-refractivity contribution in [2.45, 2.75) is 37.6 Å². The van der Waals surface area contributed by atoms with Gasteiger partial charge in [-0.1, -0.05) is 35.0 Å². The number of aliphatic hydroxyl groups excluding tert-OH is 1. The van der Waals surface area contributed by atoms with E-state index in [1.165, 1.54) is 0 Å².